The van der Waals surface area contributed by atoms with Crippen LogP contribution in [0.1, 0.15) is 11.1 Å². The van der Waals surface area contributed by atoms with Gasteiger partial charge < -0.3 is 4.98 Å². The van der Waals surface area contributed by atoms with Crippen LogP contribution in [0.25, 0.3) is 16.6 Å². The molecule has 0 saturated heterocycles. The van der Waals surface area contributed by atoms with Gasteiger partial charge in [0.05, 0.1) is 16.6 Å². The fourth-order valence-electron chi connectivity index (χ4n) is 3.39. The Kier molecular flexibility index (Phi) is 5.66. The number of aromatic amines is 1. The largest absolute Gasteiger partial charge is 0.333 e. The van der Waals surface area contributed by atoms with Crippen molar-refractivity contribution in [3.63, 3.8) is 0 Å². The number of carbonyl (C=O) groups is 1. The average molecular weight is 473 g/mol. The summed E-state index contributed by atoms with van der Waals surface area (Å²) in [5.74, 6) is -2.17. The number of nitrogens with one attached hydrogen (secondary N) is 1. The zero-order chi connectivity index (χ0) is 23.0. The summed E-state index contributed by atoms with van der Waals surface area (Å²) in [4.78, 5) is 40.1. The molecule has 0 spiro atoms. The molecule has 0 aliphatic rings. The van der Waals surface area contributed by atoms with Crippen LogP contribution in [-0.2, 0) is 21.1 Å². The first-order valence-electron chi connectivity index (χ1n) is 9.48. The van der Waals surface area contributed by atoms with E-state index in [1.807, 2.05) is 6.92 Å². The number of carbonyl (C=O) groups excluding carboxylic acids is 1. The summed E-state index contributed by atoms with van der Waals surface area (Å²) in [6.45, 7) is 1.81. The van der Waals surface area contributed by atoms with Gasteiger partial charge in [-0.25, -0.2) is 22.2 Å². The van der Waals surface area contributed by atoms with Gasteiger partial charge in [-0.3, -0.25) is 9.59 Å². The number of H-pyrrole nitrogens is 1. The predicted octanol–water partition coefficient (Wildman–Crippen LogP) is 2.77. The van der Waals surface area contributed by atoms with Crippen LogP contribution in [0.3, 0.4) is 0 Å². The molecule has 2 aromatic heterocycles. The molecule has 0 aliphatic carbocycles. The van der Waals surface area contributed by atoms with Crippen LogP contribution in [0, 0.1) is 12.7 Å². The highest BCUT2D eigenvalue weighted by atomic mass is 32.2. The number of thiophene rings is 1. The minimum absolute atomic E-state index is 0.0949. The van der Waals surface area contributed by atoms with Crippen molar-refractivity contribution in [2.24, 2.45) is 0 Å². The second kappa shape index (κ2) is 8.29. The monoisotopic (exact) mass is 472 g/mol. The number of hydrogen-bond donors (Lipinski definition) is 1. The van der Waals surface area contributed by atoms with Crippen LogP contribution in [0.4, 0.5) is 4.39 Å². The molecule has 4 rings (SSSR count). The summed E-state index contributed by atoms with van der Waals surface area (Å²) in [6, 6.07) is 11.5. The number of Topliss-reactive ketones (excluding diaryl/α,β-unsaturated/α-hetero) is 1. The van der Waals surface area contributed by atoms with Gasteiger partial charge in [0, 0.05) is 6.42 Å². The molecule has 0 fully saturated rings. The number of fused-ring (bicyclic) bond motifs is 1. The highest BCUT2D eigenvalue weighted by Gasteiger charge is 2.21. The van der Waals surface area contributed by atoms with Crippen LogP contribution < -0.4 is 11.2 Å². The Labute approximate surface area is 185 Å². The number of ketones is 1. The SMILES string of the molecule is Cc1ccc2c(=O)n(-c3ccc(CC(=O)CS(=O)(=O)c4cccs4)cc3F)c(=O)[nH]c2c1. The summed E-state index contributed by atoms with van der Waals surface area (Å²) < 4.78 is 40.1. The molecule has 164 valence electrons. The molecule has 2 heterocycles. The van der Waals surface area contributed by atoms with Crippen molar-refractivity contribution in [3.05, 3.63) is 91.7 Å². The molecule has 0 saturated carbocycles. The molecular formula is C22H17FN2O5S2. The molecule has 0 unspecified atom stereocenters. The molecule has 0 bridgehead atoms. The molecule has 32 heavy (non-hydrogen) atoms. The first-order valence-corrected chi connectivity index (χ1v) is 12.0. The Hall–Kier alpha value is -3.37. The van der Waals surface area contributed by atoms with E-state index in [4.69, 9.17) is 0 Å². The molecule has 1 N–H and O–H groups in total. The maximum atomic E-state index is 14.8. The topological polar surface area (TPSA) is 106 Å². The van der Waals surface area contributed by atoms with Crippen molar-refractivity contribution in [1.82, 2.24) is 9.55 Å². The standard InChI is InChI=1S/C22H17FN2O5S2/c1-13-4-6-16-18(9-13)24-22(28)25(21(16)27)19-7-5-14(11-17(19)23)10-15(26)12-32(29,30)20-3-2-8-31-20/h2-9,11H,10,12H2,1H3,(H,24,28). The van der Waals surface area contributed by atoms with E-state index in [0.717, 1.165) is 23.0 Å². The van der Waals surface area contributed by atoms with E-state index in [-0.39, 0.29) is 27.3 Å². The van der Waals surface area contributed by atoms with E-state index < -0.39 is 38.4 Å². The summed E-state index contributed by atoms with van der Waals surface area (Å²) in [7, 11) is -3.75. The lowest BCUT2D eigenvalue weighted by Crippen LogP contribution is -2.34. The number of nitrogens with zero attached hydrogens (tertiary/aromatic N) is 1. The molecule has 2 aromatic carbocycles. The fourth-order valence-corrected chi connectivity index (χ4v) is 5.73. The van der Waals surface area contributed by atoms with Gasteiger partial charge in [-0.1, -0.05) is 18.2 Å². The lowest BCUT2D eigenvalue weighted by Gasteiger charge is -2.09. The van der Waals surface area contributed by atoms with Crippen LogP contribution >= 0.6 is 11.3 Å². The first kappa shape index (κ1) is 21.8. The van der Waals surface area contributed by atoms with Crippen LogP contribution in [0.2, 0.25) is 0 Å². The number of benzene rings is 2. The van der Waals surface area contributed by atoms with Crippen LogP contribution in [0.15, 0.2) is 67.7 Å². The first-order chi connectivity index (χ1) is 15.2. The number of hydrogen-bond acceptors (Lipinski definition) is 6. The third kappa shape index (κ3) is 4.19. The maximum Gasteiger partial charge on any atom is 0.333 e. The molecule has 0 aliphatic heterocycles. The predicted molar refractivity (Wildman–Crippen MR) is 120 cm³/mol. The Morgan fingerprint density at radius 3 is 2.59 bits per heavy atom. The van der Waals surface area contributed by atoms with E-state index >= 15 is 0 Å². The van der Waals surface area contributed by atoms with Crippen molar-refractivity contribution in [2.75, 3.05) is 5.75 Å². The van der Waals surface area contributed by atoms with Gasteiger partial charge >= 0.3 is 5.69 Å². The van der Waals surface area contributed by atoms with Gasteiger partial charge in [0.1, 0.15) is 15.8 Å². The molecule has 0 amide bonds. The number of aryl methyl sites for hydroxylation is 1. The van der Waals surface area contributed by atoms with Gasteiger partial charge in [0.25, 0.3) is 5.56 Å². The summed E-state index contributed by atoms with van der Waals surface area (Å²) in [6.07, 6.45) is -0.302. The summed E-state index contributed by atoms with van der Waals surface area (Å²) >= 11 is 1.02. The second-order valence-electron chi connectivity index (χ2n) is 7.31. The van der Waals surface area contributed by atoms with E-state index in [1.165, 1.54) is 18.2 Å². The molecule has 4 aromatic rings. The van der Waals surface area contributed by atoms with Crippen LogP contribution in [-0.4, -0.2) is 29.5 Å². The van der Waals surface area contributed by atoms with Crippen molar-refractivity contribution >= 4 is 37.9 Å². The number of rotatable bonds is 6. The Morgan fingerprint density at radius 2 is 1.91 bits per heavy atom. The second-order valence-corrected chi connectivity index (χ2v) is 10.5. The Morgan fingerprint density at radius 1 is 1.12 bits per heavy atom. The molecule has 10 heteroatoms. The van der Waals surface area contributed by atoms with E-state index in [9.17, 15) is 27.2 Å². The minimum Gasteiger partial charge on any atom is -0.306 e. The van der Waals surface area contributed by atoms with Gasteiger partial charge in [0.2, 0.25) is 0 Å². The lowest BCUT2D eigenvalue weighted by molar-refractivity contribution is -0.116. The third-order valence-corrected chi connectivity index (χ3v) is 8.02. The van der Waals surface area contributed by atoms with E-state index in [1.54, 1.807) is 29.6 Å². The number of halogens is 1. The molecule has 7 nitrogen and oxygen atoms in total. The summed E-state index contributed by atoms with van der Waals surface area (Å²) in [5, 5.41) is 1.83. The zero-order valence-electron chi connectivity index (χ0n) is 16.8. The molecular weight excluding hydrogens is 455 g/mol. The van der Waals surface area contributed by atoms with Crippen molar-refractivity contribution in [1.29, 1.82) is 0 Å². The van der Waals surface area contributed by atoms with Gasteiger partial charge in [-0.05, 0) is 53.8 Å². The van der Waals surface area contributed by atoms with Gasteiger partial charge in [-0.15, -0.1) is 11.3 Å². The van der Waals surface area contributed by atoms with Crippen molar-refractivity contribution in [3.8, 4) is 5.69 Å². The molecule has 0 atom stereocenters. The van der Waals surface area contributed by atoms with Gasteiger partial charge in [-0.2, -0.15) is 0 Å². The number of aromatic nitrogens is 2. The average Bonchev–Trinajstić information content (AvgIpc) is 3.24. The smallest absolute Gasteiger partial charge is 0.306 e. The molecule has 0 radical (unpaired) electrons. The van der Waals surface area contributed by atoms with Crippen molar-refractivity contribution < 1.29 is 17.6 Å². The highest BCUT2D eigenvalue weighted by molar-refractivity contribution is 7.94. The quantitative estimate of drug-likeness (QED) is 0.465. The Bertz CT molecular complexity index is 1570. The van der Waals surface area contributed by atoms with Crippen molar-refractivity contribution in [2.45, 2.75) is 17.6 Å². The third-order valence-electron chi connectivity index (χ3n) is 4.86. The highest BCUT2D eigenvalue weighted by Crippen LogP contribution is 2.19. The van der Waals surface area contributed by atoms with E-state index in [2.05, 4.69) is 4.98 Å². The number of sulfone groups is 1. The van der Waals surface area contributed by atoms with Gasteiger partial charge in [0.15, 0.2) is 15.6 Å². The summed E-state index contributed by atoms with van der Waals surface area (Å²) in [5.41, 5.74) is -0.288. The minimum atomic E-state index is -3.75. The van der Waals surface area contributed by atoms with Crippen LogP contribution in [0.5, 0.6) is 0 Å². The maximum absolute atomic E-state index is 14.8. The fraction of sp³-hybridized carbons (Fsp3) is 0.136. The normalized spacial score (nSPS) is 11.7. The van der Waals surface area contributed by atoms with E-state index in [0.29, 0.717) is 10.1 Å². The zero-order valence-corrected chi connectivity index (χ0v) is 18.4. The lowest BCUT2D eigenvalue weighted by atomic mass is 10.1. The Balaban J connectivity index is 1.63.